The van der Waals surface area contributed by atoms with Crippen LogP contribution in [0, 0.1) is 13.8 Å². The van der Waals surface area contributed by atoms with Crippen LogP contribution in [0.15, 0.2) is 24.3 Å². The zero-order chi connectivity index (χ0) is 17.3. The lowest BCUT2D eigenvalue weighted by Gasteiger charge is -2.35. The number of nitrogens with zero attached hydrogens (tertiary/aromatic N) is 4. The minimum atomic E-state index is 0.0930. The van der Waals surface area contributed by atoms with E-state index in [2.05, 4.69) is 16.1 Å². The maximum Gasteiger partial charge on any atom is 0.257 e. The number of carbonyl (C=O) groups is 1. The normalized spacial score (nSPS) is 15.8. The molecular weight excluding hydrogens is 324 g/mol. The van der Waals surface area contributed by atoms with Crippen LogP contribution in [0.3, 0.4) is 0 Å². The molecule has 1 saturated heterocycles. The molecule has 5 nitrogen and oxygen atoms in total. The van der Waals surface area contributed by atoms with E-state index in [-0.39, 0.29) is 5.91 Å². The molecule has 1 aliphatic heterocycles. The Morgan fingerprint density at radius 1 is 1.17 bits per heavy atom. The van der Waals surface area contributed by atoms with Crippen LogP contribution in [0.2, 0.25) is 5.02 Å². The topological polar surface area (TPSA) is 41.4 Å². The molecule has 0 radical (unpaired) electrons. The number of amides is 1. The Labute approximate surface area is 147 Å². The second kappa shape index (κ2) is 6.95. The molecule has 2 heterocycles. The Kier molecular flexibility index (Phi) is 4.92. The van der Waals surface area contributed by atoms with Crippen molar-refractivity contribution in [3.8, 4) is 0 Å². The molecule has 0 spiro atoms. The highest BCUT2D eigenvalue weighted by Gasteiger charge is 2.26. The summed E-state index contributed by atoms with van der Waals surface area (Å²) in [6, 6.07) is 7.93. The third-order valence-electron chi connectivity index (χ3n) is 4.73. The zero-order valence-corrected chi connectivity index (χ0v) is 15.2. The van der Waals surface area contributed by atoms with E-state index >= 15 is 0 Å². The van der Waals surface area contributed by atoms with Gasteiger partial charge in [0, 0.05) is 50.5 Å². The average molecular weight is 347 g/mol. The van der Waals surface area contributed by atoms with Crippen LogP contribution in [0.5, 0.6) is 0 Å². The lowest BCUT2D eigenvalue weighted by molar-refractivity contribution is 0.0627. The number of hydrogen-bond donors (Lipinski definition) is 0. The van der Waals surface area contributed by atoms with Crippen LogP contribution in [0.1, 0.15) is 27.3 Å². The smallest absolute Gasteiger partial charge is 0.257 e. The molecule has 1 aromatic carbocycles. The summed E-state index contributed by atoms with van der Waals surface area (Å²) in [6.07, 6.45) is 0. The minimum absolute atomic E-state index is 0.0930. The van der Waals surface area contributed by atoms with E-state index < -0.39 is 0 Å². The number of carbonyl (C=O) groups excluding carboxylic acids is 1. The summed E-state index contributed by atoms with van der Waals surface area (Å²) in [5.74, 6) is 0.0930. The Morgan fingerprint density at radius 2 is 1.83 bits per heavy atom. The van der Waals surface area contributed by atoms with E-state index in [1.807, 2.05) is 44.0 Å². The SMILES string of the molecule is Cc1nn(C)c(C)c1C(=O)N1CCN(Cc2ccccc2Cl)CC1. The van der Waals surface area contributed by atoms with Crippen molar-refractivity contribution in [3.05, 3.63) is 51.8 Å². The summed E-state index contributed by atoms with van der Waals surface area (Å²) >= 11 is 6.24. The van der Waals surface area contributed by atoms with Crippen molar-refractivity contribution in [2.24, 2.45) is 7.05 Å². The number of halogens is 1. The highest BCUT2D eigenvalue weighted by atomic mass is 35.5. The van der Waals surface area contributed by atoms with E-state index in [0.29, 0.717) is 0 Å². The van der Waals surface area contributed by atoms with Crippen molar-refractivity contribution in [1.82, 2.24) is 19.6 Å². The van der Waals surface area contributed by atoms with Crippen LogP contribution in [0.4, 0.5) is 0 Å². The molecule has 0 saturated carbocycles. The van der Waals surface area contributed by atoms with E-state index in [1.54, 1.807) is 4.68 Å². The highest BCUT2D eigenvalue weighted by Crippen LogP contribution is 2.19. The van der Waals surface area contributed by atoms with Gasteiger partial charge in [-0.25, -0.2) is 0 Å². The monoisotopic (exact) mass is 346 g/mol. The standard InChI is InChI=1S/C18H23ClN4O/c1-13-17(14(2)21(3)20-13)18(24)23-10-8-22(9-11-23)12-15-6-4-5-7-16(15)19/h4-7H,8-12H2,1-3H3. The zero-order valence-electron chi connectivity index (χ0n) is 14.4. The predicted molar refractivity (Wildman–Crippen MR) is 95.3 cm³/mol. The molecule has 6 heteroatoms. The number of benzene rings is 1. The molecule has 1 aliphatic rings. The molecule has 0 bridgehead atoms. The largest absolute Gasteiger partial charge is 0.336 e. The van der Waals surface area contributed by atoms with Gasteiger partial charge >= 0.3 is 0 Å². The van der Waals surface area contributed by atoms with Gasteiger partial charge in [0.1, 0.15) is 0 Å². The van der Waals surface area contributed by atoms with Gasteiger partial charge in [-0.15, -0.1) is 0 Å². The Bertz CT molecular complexity index is 747. The molecule has 1 aromatic heterocycles. The van der Waals surface area contributed by atoms with Gasteiger partial charge in [-0.2, -0.15) is 5.10 Å². The van der Waals surface area contributed by atoms with E-state index in [1.165, 1.54) is 0 Å². The highest BCUT2D eigenvalue weighted by molar-refractivity contribution is 6.31. The third-order valence-corrected chi connectivity index (χ3v) is 5.10. The molecule has 0 N–H and O–H groups in total. The summed E-state index contributed by atoms with van der Waals surface area (Å²) in [6.45, 7) is 7.85. The van der Waals surface area contributed by atoms with Crippen LogP contribution >= 0.6 is 11.6 Å². The van der Waals surface area contributed by atoms with Crippen LogP contribution in [-0.2, 0) is 13.6 Å². The van der Waals surface area contributed by atoms with Crippen molar-refractivity contribution >= 4 is 17.5 Å². The van der Waals surface area contributed by atoms with E-state index in [9.17, 15) is 4.79 Å². The van der Waals surface area contributed by atoms with Crippen molar-refractivity contribution in [3.63, 3.8) is 0 Å². The van der Waals surface area contributed by atoms with Crippen LogP contribution < -0.4 is 0 Å². The summed E-state index contributed by atoms with van der Waals surface area (Å²) in [5.41, 5.74) is 3.62. The first-order valence-corrected chi connectivity index (χ1v) is 8.60. The Balaban J connectivity index is 1.63. The van der Waals surface area contributed by atoms with E-state index in [0.717, 1.165) is 60.3 Å². The lowest BCUT2D eigenvalue weighted by atomic mass is 10.1. The third kappa shape index (κ3) is 3.32. The fraction of sp³-hybridized carbons (Fsp3) is 0.444. The van der Waals surface area contributed by atoms with Gasteiger partial charge in [0.15, 0.2) is 0 Å². The predicted octanol–water partition coefficient (Wildman–Crippen LogP) is 2.65. The maximum atomic E-state index is 12.8. The van der Waals surface area contributed by atoms with Crippen molar-refractivity contribution in [1.29, 1.82) is 0 Å². The van der Waals surface area contributed by atoms with Crippen molar-refractivity contribution in [2.45, 2.75) is 20.4 Å². The quantitative estimate of drug-likeness (QED) is 0.858. The van der Waals surface area contributed by atoms with Gasteiger partial charge in [-0.3, -0.25) is 14.4 Å². The average Bonchev–Trinajstić information content (AvgIpc) is 2.82. The molecular formula is C18H23ClN4O. The maximum absolute atomic E-state index is 12.8. The molecule has 1 amide bonds. The number of aromatic nitrogens is 2. The van der Waals surface area contributed by atoms with Crippen molar-refractivity contribution < 1.29 is 4.79 Å². The molecule has 0 atom stereocenters. The first-order chi connectivity index (χ1) is 11.5. The van der Waals surface area contributed by atoms with E-state index in [4.69, 9.17) is 11.6 Å². The second-order valence-corrected chi connectivity index (χ2v) is 6.74. The van der Waals surface area contributed by atoms with Gasteiger partial charge in [-0.05, 0) is 25.5 Å². The second-order valence-electron chi connectivity index (χ2n) is 6.33. The van der Waals surface area contributed by atoms with Gasteiger partial charge in [0.05, 0.1) is 11.3 Å². The first kappa shape index (κ1) is 17.0. The van der Waals surface area contributed by atoms with Gasteiger partial charge in [0.25, 0.3) is 5.91 Å². The molecule has 1 fully saturated rings. The summed E-state index contributed by atoms with van der Waals surface area (Å²) in [7, 11) is 1.88. The number of piperazine rings is 1. The molecule has 3 rings (SSSR count). The van der Waals surface area contributed by atoms with Gasteiger partial charge < -0.3 is 4.90 Å². The fourth-order valence-electron chi connectivity index (χ4n) is 3.22. The molecule has 2 aromatic rings. The lowest BCUT2D eigenvalue weighted by Crippen LogP contribution is -2.48. The first-order valence-electron chi connectivity index (χ1n) is 8.22. The fourth-order valence-corrected chi connectivity index (χ4v) is 3.41. The summed E-state index contributed by atoms with van der Waals surface area (Å²) < 4.78 is 1.77. The minimum Gasteiger partial charge on any atom is -0.336 e. The number of rotatable bonds is 3. The molecule has 0 aliphatic carbocycles. The summed E-state index contributed by atoms with van der Waals surface area (Å²) in [5, 5.41) is 5.15. The Hall–Kier alpha value is -1.85. The molecule has 24 heavy (non-hydrogen) atoms. The van der Waals surface area contributed by atoms with Crippen LogP contribution in [0.25, 0.3) is 0 Å². The Morgan fingerprint density at radius 3 is 2.42 bits per heavy atom. The number of hydrogen-bond acceptors (Lipinski definition) is 3. The molecule has 128 valence electrons. The van der Waals surface area contributed by atoms with Crippen LogP contribution in [-0.4, -0.2) is 51.7 Å². The van der Waals surface area contributed by atoms with Gasteiger partial charge in [-0.1, -0.05) is 29.8 Å². The molecule has 0 unspecified atom stereocenters. The van der Waals surface area contributed by atoms with Gasteiger partial charge in [0.2, 0.25) is 0 Å². The van der Waals surface area contributed by atoms with Crippen molar-refractivity contribution in [2.75, 3.05) is 26.2 Å². The summed E-state index contributed by atoms with van der Waals surface area (Å²) in [4.78, 5) is 17.1. The number of aryl methyl sites for hydroxylation is 2.